The van der Waals surface area contributed by atoms with Gasteiger partial charge in [-0.25, -0.2) is 15.0 Å². The van der Waals surface area contributed by atoms with Crippen LogP contribution in [0.3, 0.4) is 0 Å². The maximum atomic E-state index is 12.7. The van der Waals surface area contributed by atoms with Gasteiger partial charge in [-0.1, -0.05) is 30.3 Å². The van der Waals surface area contributed by atoms with Crippen molar-refractivity contribution in [3.8, 4) is 11.3 Å². The summed E-state index contributed by atoms with van der Waals surface area (Å²) in [5.41, 5.74) is 4.41. The number of hydrogen-bond acceptors (Lipinski definition) is 6. The number of nitrogens with zero attached hydrogens (tertiary/aromatic N) is 3. The molecule has 0 unspecified atom stereocenters. The minimum absolute atomic E-state index is 0.127. The first-order valence-electron chi connectivity index (χ1n) is 9.56. The van der Waals surface area contributed by atoms with Crippen LogP contribution in [0, 0.1) is 6.92 Å². The normalized spacial score (nSPS) is 11.7. The summed E-state index contributed by atoms with van der Waals surface area (Å²) in [6.45, 7) is 3.97. The first kappa shape index (κ1) is 19.7. The van der Waals surface area contributed by atoms with Gasteiger partial charge in [-0.15, -0.1) is 11.3 Å². The van der Waals surface area contributed by atoms with Gasteiger partial charge >= 0.3 is 0 Å². The number of aryl methyl sites for hydroxylation is 1. The summed E-state index contributed by atoms with van der Waals surface area (Å²) in [5.74, 6) is 0.346. The minimum Gasteiger partial charge on any atom is -0.346 e. The molecule has 0 aliphatic carbocycles. The summed E-state index contributed by atoms with van der Waals surface area (Å²) >= 11 is 1.64. The van der Waals surface area contributed by atoms with Crippen LogP contribution >= 0.6 is 11.3 Å². The Morgan fingerprint density at radius 3 is 2.50 bits per heavy atom. The van der Waals surface area contributed by atoms with E-state index in [-0.39, 0.29) is 11.9 Å². The van der Waals surface area contributed by atoms with Crippen molar-refractivity contribution in [2.24, 2.45) is 0 Å². The van der Waals surface area contributed by atoms with E-state index in [0.717, 1.165) is 27.5 Å². The Labute approximate surface area is 179 Å². The van der Waals surface area contributed by atoms with Gasteiger partial charge in [-0.05, 0) is 43.7 Å². The average Bonchev–Trinajstić information content (AvgIpc) is 3.21. The standard InChI is InChI=1S/C23H21N5OS/c1-15(17-7-9-18(10-8-17)21-14-30-16(2)27-21)26-22(29)19-5-3-6-20(13-19)28-23-24-11-4-12-25-23/h3-15H,1-2H3,(H,26,29)(H,24,25,28)/t15-/m1/s1. The number of hydrogen-bond donors (Lipinski definition) is 2. The predicted molar refractivity (Wildman–Crippen MR) is 120 cm³/mol. The summed E-state index contributed by atoms with van der Waals surface area (Å²) < 4.78 is 0. The lowest BCUT2D eigenvalue weighted by atomic mass is 10.0. The van der Waals surface area contributed by atoms with Gasteiger partial charge in [0.1, 0.15) is 0 Å². The zero-order valence-corrected chi connectivity index (χ0v) is 17.5. The van der Waals surface area contributed by atoms with Crippen LogP contribution in [-0.4, -0.2) is 20.9 Å². The maximum absolute atomic E-state index is 12.7. The molecule has 0 saturated heterocycles. The summed E-state index contributed by atoms with van der Waals surface area (Å²) in [6, 6.07) is 17.0. The summed E-state index contributed by atoms with van der Waals surface area (Å²) in [6.07, 6.45) is 3.32. The first-order chi connectivity index (χ1) is 14.6. The average molecular weight is 416 g/mol. The van der Waals surface area contributed by atoms with Crippen molar-refractivity contribution in [3.05, 3.63) is 88.5 Å². The number of benzene rings is 2. The molecule has 1 amide bonds. The SMILES string of the molecule is Cc1nc(-c2ccc([C@@H](C)NC(=O)c3cccc(Nc4ncccn4)c3)cc2)cs1. The molecule has 0 radical (unpaired) electrons. The number of anilines is 2. The Bertz CT molecular complexity index is 1140. The lowest BCUT2D eigenvalue weighted by Gasteiger charge is -2.15. The number of thiazole rings is 1. The van der Waals surface area contributed by atoms with Crippen LogP contribution in [-0.2, 0) is 0 Å². The van der Waals surface area contributed by atoms with Crippen molar-refractivity contribution in [1.82, 2.24) is 20.3 Å². The predicted octanol–water partition coefficient (Wildman–Crippen LogP) is 5.14. The van der Waals surface area contributed by atoms with Gasteiger partial charge in [0.2, 0.25) is 5.95 Å². The molecular weight excluding hydrogens is 394 g/mol. The molecule has 0 spiro atoms. The monoisotopic (exact) mass is 415 g/mol. The van der Waals surface area contributed by atoms with Crippen LogP contribution in [0.15, 0.2) is 72.4 Å². The van der Waals surface area contributed by atoms with E-state index in [4.69, 9.17) is 0 Å². The van der Waals surface area contributed by atoms with E-state index in [1.165, 1.54) is 0 Å². The number of aromatic nitrogens is 3. The lowest BCUT2D eigenvalue weighted by molar-refractivity contribution is 0.0940. The molecule has 2 aromatic carbocycles. The fourth-order valence-electron chi connectivity index (χ4n) is 3.03. The zero-order chi connectivity index (χ0) is 20.9. The van der Waals surface area contributed by atoms with Crippen molar-refractivity contribution in [1.29, 1.82) is 0 Å². The number of rotatable bonds is 6. The molecular formula is C23H21N5OS. The van der Waals surface area contributed by atoms with Crippen molar-refractivity contribution in [2.45, 2.75) is 19.9 Å². The van der Waals surface area contributed by atoms with E-state index in [2.05, 4.69) is 31.0 Å². The fraction of sp³-hybridized carbons (Fsp3) is 0.130. The Morgan fingerprint density at radius 1 is 1.03 bits per heavy atom. The third kappa shape index (κ3) is 4.69. The Balaban J connectivity index is 1.42. The highest BCUT2D eigenvalue weighted by atomic mass is 32.1. The van der Waals surface area contributed by atoms with E-state index in [1.54, 1.807) is 41.9 Å². The second-order valence-corrected chi connectivity index (χ2v) is 7.91. The number of amides is 1. The molecule has 0 aliphatic heterocycles. The van der Waals surface area contributed by atoms with Gasteiger partial charge in [-0.2, -0.15) is 0 Å². The molecule has 30 heavy (non-hydrogen) atoms. The van der Waals surface area contributed by atoms with Gasteiger partial charge in [0.05, 0.1) is 16.7 Å². The topological polar surface area (TPSA) is 79.8 Å². The molecule has 7 heteroatoms. The van der Waals surface area contributed by atoms with Crippen LogP contribution in [0.5, 0.6) is 0 Å². The van der Waals surface area contributed by atoms with Crippen molar-refractivity contribution < 1.29 is 4.79 Å². The minimum atomic E-state index is -0.140. The number of carbonyl (C=O) groups excluding carboxylic acids is 1. The van der Waals surface area contributed by atoms with Crippen molar-refractivity contribution in [3.63, 3.8) is 0 Å². The van der Waals surface area contributed by atoms with E-state index in [9.17, 15) is 4.79 Å². The molecule has 2 aromatic heterocycles. The molecule has 150 valence electrons. The highest BCUT2D eigenvalue weighted by molar-refractivity contribution is 7.09. The summed E-state index contributed by atoms with van der Waals surface area (Å²) in [5, 5.41) is 9.25. The highest BCUT2D eigenvalue weighted by Gasteiger charge is 2.13. The van der Waals surface area contributed by atoms with Crippen molar-refractivity contribution >= 4 is 28.9 Å². The van der Waals surface area contributed by atoms with Crippen LogP contribution in [0.1, 0.15) is 33.9 Å². The Hall–Kier alpha value is -3.58. The van der Waals surface area contributed by atoms with E-state index in [0.29, 0.717) is 11.5 Å². The second kappa shape index (κ2) is 8.84. The molecule has 4 aromatic rings. The van der Waals surface area contributed by atoms with E-state index >= 15 is 0 Å². The van der Waals surface area contributed by atoms with Crippen LogP contribution in [0.2, 0.25) is 0 Å². The van der Waals surface area contributed by atoms with E-state index in [1.807, 2.05) is 50.2 Å². The molecule has 4 rings (SSSR count). The van der Waals surface area contributed by atoms with Gasteiger partial charge in [-0.3, -0.25) is 4.79 Å². The van der Waals surface area contributed by atoms with Gasteiger partial charge in [0, 0.05) is 34.6 Å². The van der Waals surface area contributed by atoms with Gasteiger partial charge in [0.15, 0.2) is 0 Å². The third-order valence-corrected chi connectivity index (χ3v) is 5.39. The van der Waals surface area contributed by atoms with Gasteiger partial charge in [0.25, 0.3) is 5.91 Å². The molecule has 0 saturated carbocycles. The third-order valence-electron chi connectivity index (χ3n) is 4.62. The molecule has 0 fully saturated rings. The Morgan fingerprint density at radius 2 is 1.80 bits per heavy atom. The fourth-order valence-corrected chi connectivity index (χ4v) is 3.65. The first-order valence-corrected chi connectivity index (χ1v) is 10.4. The molecule has 0 aliphatic rings. The number of carbonyl (C=O) groups is 1. The summed E-state index contributed by atoms with van der Waals surface area (Å²) in [4.78, 5) is 25.5. The quantitative estimate of drug-likeness (QED) is 0.456. The van der Waals surface area contributed by atoms with Crippen LogP contribution in [0.4, 0.5) is 11.6 Å². The van der Waals surface area contributed by atoms with Crippen molar-refractivity contribution in [2.75, 3.05) is 5.32 Å². The highest BCUT2D eigenvalue weighted by Crippen LogP contribution is 2.24. The molecule has 1 atom stereocenters. The lowest BCUT2D eigenvalue weighted by Crippen LogP contribution is -2.26. The second-order valence-electron chi connectivity index (χ2n) is 6.85. The van der Waals surface area contributed by atoms with E-state index < -0.39 is 0 Å². The Kier molecular flexibility index (Phi) is 5.81. The molecule has 0 bridgehead atoms. The van der Waals surface area contributed by atoms with Crippen LogP contribution in [0.25, 0.3) is 11.3 Å². The largest absolute Gasteiger partial charge is 0.346 e. The molecule has 6 nitrogen and oxygen atoms in total. The zero-order valence-electron chi connectivity index (χ0n) is 16.7. The summed E-state index contributed by atoms with van der Waals surface area (Å²) in [7, 11) is 0. The van der Waals surface area contributed by atoms with Crippen LogP contribution < -0.4 is 10.6 Å². The number of nitrogens with one attached hydrogen (secondary N) is 2. The smallest absolute Gasteiger partial charge is 0.251 e. The molecule has 2 heterocycles. The molecule has 2 N–H and O–H groups in total. The maximum Gasteiger partial charge on any atom is 0.251 e. The van der Waals surface area contributed by atoms with Gasteiger partial charge < -0.3 is 10.6 Å².